The molecule has 1 aliphatic rings. The van der Waals surface area contributed by atoms with E-state index in [0.29, 0.717) is 18.8 Å². The normalized spacial score (nSPS) is 13.6. The van der Waals surface area contributed by atoms with Crippen LogP contribution in [0.1, 0.15) is 5.56 Å². The average molecular weight is 383 g/mol. The number of aromatic nitrogens is 2. The molecule has 0 saturated carbocycles. The molecule has 1 aliphatic heterocycles. The van der Waals surface area contributed by atoms with E-state index in [1.54, 1.807) is 24.3 Å². The summed E-state index contributed by atoms with van der Waals surface area (Å²) in [6.45, 7) is 0.929. The van der Waals surface area contributed by atoms with Gasteiger partial charge in [-0.1, -0.05) is 12.1 Å². The van der Waals surface area contributed by atoms with E-state index in [1.807, 2.05) is 0 Å². The number of carbonyl (C=O) groups is 1. The maximum absolute atomic E-state index is 13.5. The summed E-state index contributed by atoms with van der Waals surface area (Å²) < 4.78 is 33.1. The summed E-state index contributed by atoms with van der Waals surface area (Å²) in [4.78, 5) is 25.4. The van der Waals surface area contributed by atoms with Crippen LogP contribution in [0.2, 0.25) is 0 Å². The van der Waals surface area contributed by atoms with Crippen molar-refractivity contribution in [3.63, 3.8) is 0 Å². The molecule has 0 unspecified atom stereocenters. The van der Waals surface area contributed by atoms with Crippen LogP contribution in [0.3, 0.4) is 0 Å². The van der Waals surface area contributed by atoms with Crippen molar-refractivity contribution >= 4 is 11.8 Å². The van der Waals surface area contributed by atoms with Gasteiger partial charge in [0, 0.05) is 23.4 Å². The van der Waals surface area contributed by atoms with Crippen molar-refractivity contribution in [1.29, 1.82) is 0 Å². The van der Waals surface area contributed by atoms with E-state index in [2.05, 4.69) is 5.10 Å². The molecular formula is C20H15F2N3O3. The molecule has 8 heteroatoms. The maximum Gasteiger partial charge on any atom is 0.414 e. The SMILES string of the molecule is O=C1OCCN1c1cccc(Cn2nc(-c3cc(F)cc(F)c3)ccc2=O)c1. The van der Waals surface area contributed by atoms with Crippen LogP contribution in [-0.2, 0) is 11.3 Å². The minimum absolute atomic E-state index is 0.140. The van der Waals surface area contributed by atoms with E-state index in [-0.39, 0.29) is 23.4 Å². The topological polar surface area (TPSA) is 64.4 Å². The van der Waals surface area contributed by atoms with Crippen molar-refractivity contribution < 1.29 is 18.3 Å². The predicted molar refractivity (Wildman–Crippen MR) is 98.1 cm³/mol. The lowest BCUT2D eigenvalue weighted by Crippen LogP contribution is -2.24. The Kier molecular flexibility index (Phi) is 4.60. The molecule has 0 spiro atoms. The van der Waals surface area contributed by atoms with Gasteiger partial charge in [-0.25, -0.2) is 18.3 Å². The Hall–Kier alpha value is -3.55. The summed E-state index contributed by atoms with van der Waals surface area (Å²) in [7, 11) is 0. The molecule has 1 fully saturated rings. The van der Waals surface area contributed by atoms with Gasteiger partial charge in [-0.15, -0.1) is 0 Å². The Morgan fingerprint density at radius 2 is 1.79 bits per heavy atom. The molecule has 28 heavy (non-hydrogen) atoms. The summed E-state index contributed by atoms with van der Waals surface area (Å²) >= 11 is 0. The Balaban J connectivity index is 1.65. The van der Waals surface area contributed by atoms with Gasteiger partial charge in [0.25, 0.3) is 5.56 Å². The maximum atomic E-state index is 13.5. The lowest BCUT2D eigenvalue weighted by molar-refractivity contribution is 0.181. The number of rotatable bonds is 4. The molecule has 0 radical (unpaired) electrons. The number of amides is 1. The highest BCUT2D eigenvalue weighted by Gasteiger charge is 2.23. The van der Waals surface area contributed by atoms with Gasteiger partial charge >= 0.3 is 6.09 Å². The molecule has 0 N–H and O–H groups in total. The van der Waals surface area contributed by atoms with Crippen LogP contribution >= 0.6 is 0 Å². The van der Waals surface area contributed by atoms with Crippen LogP contribution in [0.5, 0.6) is 0 Å². The van der Waals surface area contributed by atoms with Gasteiger partial charge < -0.3 is 4.74 Å². The predicted octanol–water partition coefficient (Wildman–Crippen LogP) is 3.19. The lowest BCUT2D eigenvalue weighted by atomic mass is 10.1. The van der Waals surface area contributed by atoms with Crippen LogP contribution in [0.15, 0.2) is 59.4 Å². The number of hydrogen-bond donors (Lipinski definition) is 0. The molecule has 0 bridgehead atoms. The summed E-state index contributed by atoms with van der Waals surface area (Å²) in [5.41, 5.74) is 1.56. The molecule has 2 aromatic carbocycles. The van der Waals surface area contributed by atoms with Crippen molar-refractivity contribution in [1.82, 2.24) is 9.78 Å². The first-order chi connectivity index (χ1) is 13.5. The number of ether oxygens (including phenoxy) is 1. The molecule has 142 valence electrons. The first-order valence-electron chi connectivity index (χ1n) is 8.57. The smallest absolute Gasteiger partial charge is 0.414 e. The van der Waals surface area contributed by atoms with Crippen LogP contribution < -0.4 is 10.5 Å². The van der Waals surface area contributed by atoms with Crippen LogP contribution in [0.4, 0.5) is 19.3 Å². The van der Waals surface area contributed by atoms with E-state index in [0.717, 1.165) is 23.8 Å². The van der Waals surface area contributed by atoms with Gasteiger partial charge in [-0.2, -0.15) is 5.10 Å². The zero-order chi connectivity index (χ0) is 19.7. The first-order valence-corrected chi connectivity index (χ1v) is 8.57. The standard InChI is InChI=1S/C20H15F2N3O3/c21-15-9-14(10-16(22)11-15)18-4-5-19(26)25(23-18)12-13-2-1-3-17(8-13)24-6-7-28-20(24)27/h1-5,8-11H,6-7,12H2. The Bertz CT molecular complexity index is 1090. The molecule has 6 nitrogen and oxygen atoms in total. The van der Waals surface area contributed by atoms with Gasteiger partial charge in [-0.3, -0.25) is 9.69 Å². The first kappa shape index (κ1) is 17.8. The zero-order valence-corrected chi connectivity index (χ0v) is 14.6. The number of anilines is 1. The molecular weight excluding hydrogens is 368 g/mol. The van der Waals surface area contributed by atoms with Crippen molar-refractivity contribution in [3.8, 4) is 11.3 Å². The van der Waals surface area contributed by atoms with Crippen molar-refractivity contribution in [2.75, 3.05) is 18.1 Å². The highest BCUT2D eigenvalue weighted by atomic mass is 19.1. The summed E-state index contributed by atoms with van der Waals surface area (Å²) in [6.07, 6.45) is -0.414. The Morgan fingerprint density at radius 1 is 1.00 bits per heavy atom. The highest BCUT2D eigenvalue weighted by molar-refractivity contribution is 5.89. The zero-order valence-electron chi connectivity index (χ0n) is 14.6. The van der Waals surface area contributed by atoms with Crippen LogP contribution in [0, 0.1) is 11.6 Å². The monoisotopic (exact) mass is 383 g/mol. The van der Waals surface area contributed by atoms with Crippen molar-refractivity contribution in [2.45, 2.75) is 6.54 Å². The number of cyclic esters (lactones) is 1. The van der Waals surface area contributed by atoms with E-state index in [9.17, 15) is 18.4 Å². The van der Waals surface area contributed by atoms with Crippen molar-refractivity contribution in [3.05, 3.63) is 82.1 Å². The highest BCUT2D eigenvalue weighted by Crippen LogP contribution is 2.21. The van der Waals surface area contributed by atoms with Gasteiger partial charge in [-0.05, 0) is 35.9 Å². The fraction of sp³-hybridized carbons (Fsp3) is 0.150. The van der Waals surface area contributed by atoms with Gasteiger partial charge in [0.1, 0.15) is 18.2 Å². The molecule has 1 aromatic heterocycles. The van der Waals surface area contributed by atoms with Gasteiger partial charge in [0.2, 0.25) is 0 Å². The minimum Gasteiger partial charge on any atom is -0.447 e. The van der Waals surface area contributed by atoms with E-state index >= 15 is 0 Å². The van der Waals surface area contributed by atoms with Crippen molar-refractivity contribution in [2.24, 2.45) is 0 Å². The third-order valence-electron chi connectivity index (χ3n) is 4.34. The number of benzene rings is 2. The summed E-state index contributed by atoms with van der Waals surface area (Å²) in [5.74, 6) is -1.44. The average Bonchev–Trinajstić information content (AvgIpc) is 3.09. The molecule has 3 aromatic rings. The third-order valence-corrected chi connectivity index (χ3v) is 4.34. The van der Waals surface area contributed by atoms with E-state index < -0.39 is 17.7 Å². The van der Waals surface area contributed by atoms with Crippen LogP contribution in [0.25, 0.3) is 11.3 Å². The molecule has 2 heterocycles. The Labute approximate surface area is 158 Å². The lowest BCUT2D eigenvalue weighted by Gasteiger charge is -2.14. The van der Waals surface area contributed by atoms with Gasteiger partial charge in [0.05, 0.1) is 18.8 Å². The summed E-state index contributed by atoms with van der Waals surface area (Å²) in [5, 5.41) is 4.23. The number of halogens is 2. The second-order valence-corrected chi connectivity index (χ2v) is 6.31. The molecule has 1 amide bonds. The third kappa shape index (κ3) is 3.62. The second-order valence-electron chi connectivity index (χ2n) is 6.31. The number of carbonyl (C=O) groups excluding carboxylic acids is 1. The fourth-order valence-corrected chi connectivity index (χ4v) is 3.04. The molecule has 1 saturated heterocycles. The van der Waals surface area contributed by atoms with E-state index in [1.165, 1.54) is 21.7 Å². The van der Waals surface area contributed by atoms with Crippen LogP contribution in [-0.4, -0.2) is 29.0 Å². The quantitative estimate of drug-likeness (QED) is 0.694. The number of hydrogen-bond acceptors (Lipinski definition) is 4. The minimum atomic E-state index is -0.722. The largest absolute Gasteiger partial charge is 0.447 e. The molecule has 0 atom stereocenters. The summed E-state index contributed by atoms with van der Waals surface area (Å²) in [6, 6.07) is 12.9. The molecule has 0 aliphatic carbocycles. The molecule has 4 rings (SSSR count). The van der Waals surface area contributed by atoms with Gasteiger partial charge in [0.15, 0.2) is 0 Å². The number of nitrogens with zero attached hydrogens (tertiary/aromatic N) is 3. The fourth-order valence-electron chi connectivity index (χ4n) is 3.04. The Morgan fingerprint density at radius 3 is 2.50 bits per heavy atom. The van der Waals surface area contributed by atoms with E-state index in [4.69, 9.17) is 4.74 Å². The second kappa shape index (κ2) is 7.22.